The predicted molar refractivity (Wildman–Crippen MR) is 105 cm³/mol. The van der Waals surface area contributed by atoms with E-state index in [9.17, 15) is 4.79 Å². The van der Waals surface area contributed by atoms with Crippen molar-refractivity contribution in [2.75, 3.05) is 19.6 Å². The lowest BCUT2D eigenvalue weighted by Gasteiger charge is -2.31. The van der Waals surface area contributed by atoms with Crippen molar-refractivity contribution in [3.8, 4) is 0 Å². The van der Waals surface area contributed by atoms with Crippen molar-refractivity contribution in [1.82, 2.24) is 15.2 Å². The van der Waals surface area contributed by atoms with Crippen molar-refractivity contribution >= 4 is 5.97 Å². The highest BCUT2D eigenvalue weighted by Gasteiger charge is 2.38. The molecule has 0 radical (unpaired) electrons. The third-order valence-corrected chi connectivity index (χ3v) is 5.85. The summed E-state index contributed by atoms with van der Waals surface area (Å²) in [6.45, 7) is 4.09. The Bertz CT molecular complexity index is 755. The molecular weight excluding hydrogens is 338 g/mol. The van der Waals surface area contributed by atoms with E-state index in [1.807, 2.05) is 6.07 Å². The van der Waals surface area contributed by atoms with E-state index in [-0.39, 0.29) is 5.56 Å². The molecule has 142 valence electrons. The topological polar surface area (TPSA) is 65.5 Å². The van der Waals surface area contributed by atoms with Crippen LogP contribution in [-0.2, 0) is 6.54 Å². The molecule has 2 aromatic rings. The maximum absolute atomic E-state index is 10.9. The number of rotatable bonds is 7. The summed E-state index contributed by atoms with van der Waals surface area (Å²) in [5.41, 5.74) is 2.66. The molecule has 1 aromatic heterocycles. The van der Waals surface area contributed by atoms with Crippen LogP contribution in [-0.4, -0.2) is 46.6 Å². The van der Waals surface area contributed by atoms with E-state index in [2.05, 4.69) is 45.5 Å². The molecule has 2 heterocycles. The van der Waals surface area contributed by atoms with E-state index in [1.54, 1.807) is 6.07 Å². The molecule has 0 bridgehead atoms. The van der Waals surface area contributed by atoms with Gasteiger partial charge in [-0.15, -0.1) is 0 Å². The molecule has 2 aliphatic rings. The summed E-state index contributed by atoms with van der Waals surface area (Å²) in [7, 11) is 0. The number of nitrogens with one attached hydrogen (secondary N) is 1. The third-order valence-electron chi connectivity index (χ3n) is 5.85. The van der Waals surface area contributed by atoms with Gasteiger partial charge in [-0.2, -0.15) is 0 Å². The zero-order valence-electron chi connectivity index (χ0n) is 15.6. The molecule has 0 amide bonds. The summed E-state index contributed by atoms with van der Waals surface area (Å²) in [6.07, 6.45) is 5.14. The van der Waals surface area contributed by atoms with Crippen molar-refractivity contribution in [3.63, 3.8) is 0 Å². The van der Waals surface area contributed by atoms with Crippen molar-refractivity contribution in [2.24, 2.45) is 5.92 Å². The van der Waals surface area contributed by atoms with Gasteiger partial charge >= 0.3 is 5.97 Å². The standard InChI is InChI=1S/C22H27N3O2/c26-22(27)18-6-7-19(23-14-18)15-25-10-8-16(9-11-25)13-24-21-12-20(21)17-4-2-1-3-5-17/h1-7,14,16,20-21,24H,8-13,15H2,(H,26,27). The molecule has 1 saturated heterocycles. The van der Waals surface area contributed by atoms with Gasteiger partial charge < -0.3 is 10.4 Å². The largest absolute Gasteiger partial charge is 0.478 e. The van der Waals surface area contributed by atoms with Crippen LogP contribution in [0.3, 0.4) is 0 Å². The fraction of sp³-hybridized carbons (Fsp3) is 0.455. The van der Waals surface area contributed by atoms with Gasteiger partial charge in [-0.25, -0.2) is 4.79 Å². The highest BCUT2D eigenvalue weighted by atomic mass is 16.4. The Labute approximate surface area is 160 Å². The number of hydrogen-bond acceptors (Lipinski definition) is 4. The Morgan fingerprint density at radius 3 is 2.59 bits per heavy atom. The monoisotopic (exact) mass is 365 g/mol. The summed E-state index contributed by atoms with van der Waals surface area (Å²) in [4.78, 5) is 17.6. The van der Waals surface area contributed by atoms with Gasteiger partial charge in [-0.3, -0.25) is 9.88 Å². The quantitative estimate of drug-likeness (QED) is 0.789. The number of aromatic carboxylic acids is 1. The molecule has 1 saturated carbocycles. The van der Waals surface area contributed by atoms with Crippen LogP contribution in [0.4, 0.5) is 0 Å². The van der Waals surface area contributed by atoms with E-state index in [1.165, 1.54) is 31.0 Å². The van der Waals surface area contributed by atoms with E-state index in [4.69, 9.17) is 5.11 Å². The summed E-state index contributed by atoms with van der Waals surface area (Å²) in [5, 5.41) is 12.7. The Kier molecular flexibility index (Phi) is 5.50. The van der Waals surface area contributed by atoms with E-state index < -0.39 is 5.97 Å². The molecule has 1 aliphatic heterocycles. The van der Waals surface area contributed by atoms with Gasteiger partial charge in [0.15, 0.2) is 0 Å². The molecule has 2 atom stereocenters. The van der Waals surface area contributed by atoms with Gasteiger partial charge in [-0.05, 0) is 62.5 Å². The number of carbonyl (C=O) groups is 1. The summed E-state index contributed by atoms with van der Waals surface area (Å²) in [6, 6.07) is 14.9. The second-order valence-corrected chi connectivity index (χ2v) is 7.83. The second kappa shape index (κ2) is 8.19. The minimum atomic E-state index is -0.924. The number of likely N-dealkylation sites (tertiary alicyclic amines) is 1. The Morgan fingerprint density at radius 2 is 1.93 bits per heavy atom. The van der Waals surface area contributed by atoms with Crippen molar-refractivity contribution in [1.29, 1.82) is 0 Å². The Hall–Kier alpha value is -2.24. The predicted octanol–water partition coefficient (Wildman–Crippen LogP) is 3.14. The van der Waals surface area contributed by atoms with Gasteiger partial charge in [0.1, 0.15) is 0 Å². The van der Waals surface area contributed by atoms with Crippen LogP contribution in [0.25, 0.3) is 0 Å². The van der Waals surface area contributed by atoms with Crippen molar-refractivity contribution < 1.29 is 9.90 Å². The lowest BCUT2D eigenvalue weighted by atomic mass is 9.96. The smallest absolute Gasteiger partial charge is 0.337 e. The highest BCUT2D eigenvalue weighted by molar-refractivity contribution is 5.87. The molecule has 5 nitrogen and oxygen atoms in total. The number of carboxylic acid groups (broad SMARTS) is 1. The maximum Gasteiger partial charge on any atom is 0.337 e. The minimum Gasteiger partial charge on any atom is -0.478 e. The maximum atomic E-state index is 10.9. The fourth-order valence-corrected chi connectivity index (χ4v) is 4.03. The molecule has 2 fully saturated rings. The lowest BCUT2D eigenvalue weighted by Crippen LogP contribution is -2.37. The number of carboxylic acids is 1. The molecule has 2 N–H and O–H groups in total. The molecule has 27 heavy (non-hydrogen) atoms. The number of hydrogen-bond donors (Lipinski definition) is 2. The van der Waals surface area contributed by atoms with Gasteiger partial charge in [0.2, 0.25) is 0 Å². The summed E-state index contributed by atoms with van der Waals surface area (Å²) in [5.74, 6) is 0.527. The lowest BCUT2D eigenvalue weighted by molar-refractivity contribution is 0.0696. The summed E-state index contributed by atoms with van der Waals surface area (Å²) < 4.78 is 0. The summed E-state index contributed by atoms with van der Waals surface area (Å²) >= 11 is 0. The Morgan fingerprint density at radius 1 is 1.15 bits per heavy atom. The van der Waals surface area contributed by atoms with Crippen LogP contribution in [0.2, 0.25) is 0 Å². The van der Waals surface area contributed by atoms with Crippen LogP contribution < -0.4 is 5.32 Å². The van der Waals surface area contributed by atoms with Crippen LogP contribution in [0.1, 0.15) is 46.8 Å². The van der Waals surface area contributed by atoms with Crippen molar-refractivity contribution in [3.05, 3.63) is 65.5 Å². The zero-order chi connectivity index (χ0) is 18.6. The molecule has 2 unspecified atom stereocenters. The third kappa shape index (κ3) is 4.73. The number of piperidine rings is 1. The molecule has 4 rings (SSSR count). The van der Waals surface area contributed by atoms with Gasteiger partial charge in [0, 0.05) is 24.7 Å². The molecule has 1 aliphatic carbocycles. The molecule has 1 aromatic carbocycles. The number of aromatic nitrogens is 1. The molecular formula is C22H27N3O2. The number of benzene rings is 1. The van der Waals surface area contributed by atoms with E-state index >= 15 is 0 Å². The average molecular weight is 365 g/mol. The first-order valence-electron chi connectivity index (χ1n) is 9.88. The van der Waals surface area contributed by atoms with Crippen LogP contribution in [0.15, 0.2) is 48.7 Å². The molecule has 0 spiro atoms. The first-order chi connectivity index (χ1) is 13.2. The van der Waals surface area contributed by atoms with E-state index in [0.29, 0.717) is 12.0 Å². The Balaban J connectivity index is 1.17. The zero-order valence-corrected chi connectivity index (χ0v) is 15.6. The van der Waals surface area contributed by atoms with Crippen molar-refractivity contribution in [2.45, 2.75) is 37.8 Å². The fourth-order valence-electron chi connectivity index (χ4n) is 4.03. The van der Waals surface area contributed by atoms with Crippen LogP contribution in [0.5, 0.6) is 0 Å². The van der Waals surface area contributed by atoms with Crippen LogP contribution >= 0.6 is 0 Å². The van der Waals surface area contributed by atoms with Gasteiger partial charge in [-0.1, -0.05) is 30.3 Å². The first-order valence-corrected chi connectivity index (χ1v) is 9.88. The first kappa shape index (κ1) is 18.1. The van der Waals surface area contributed by atoms with Gasteiger partial charge in [0.25, 0.3) is 0 Å². The minimum absolute atomic E-state index is 0.248. The average Bonchev–Trinajstić information content (AvgIpc) is 3.48. The van der Waals surface area contributed by atoms with E-state index in [0.717, 1.165) is 37.8 Å². The van der Waals surface area contributed by atoms with Gasteiger partial charge in [0.05, 0.1) is 11.3 Å². The second-order valence-electron chi connectivity index (χ2n) is 7.83. The number of pyridine rings is 1. The number of nitrogens with zero attached hydrogens (tertiary/aromatic N) is 2. The molecule has 5 heteroatoms. The SMILES string of the molecule is O=C(O)c1ccc(CN2CCC(CNC3CC3c3ccccc3)CC2)nc1. The highest BCUT2D eigenvalue weighted by Crippen LogP contribution is 2.40. The normalized spacial score (nSPS) is 23.3. The van der Waals surface area contributed by atoms with Crippen LogP contribution in [0, 0.1) is 5.92 Å².